The van der Waals surface area contributed by atoms with Crippen LogP contribution in [0.1, 0.15) is 47.0 Å². The first-order valence-corrected chi connectivity index (χ1v) is 10.8. The van der Waals surface area contributed by atoms with Crippen molar-refractivity contribution in [3.05, 3.63) is 0 Å². The molecule has 2 aliphatic heterocycles. The highest BCUT2D eigenvalue weighted by Gasteiger charge is 2.55. The van der Waals surface area contributed by atoms with Gasteiger partial charge in [0.15, 0.2) is 0 Å². The molecule has 9 nitrogen and oxygen atoms in total. The van der Waals surface area contributed by atoms with Gasteiger partial charge in [0.1, 0.15) is 18.1 Å². The molecule has 184 valence electrons. The zero-order valence-electron chi connectivity index (χ0n) is 19.3. The van der Waals surface area contributed by atoms with Gasteiger partial charge in [0, 0.05) is 19.6 Å². The van der Waals surface area contributed by atoms with Gasteiger partial charge >= 0.3 is 12.1 Å². The van der Waals surface area contributed by atoms with Gasteiger partial charge in [-0.3, -0.25) is 19.2 Å². The van der Waals surface area contributed by atoms with E-state index in [1.807, 2.05) is 20.8 Å². The molecule has 2 heterocycles. The Balaban J connectivity index is 2.25. The van der Waals surface area contributed by atoms with Gasteiger partial charge in [-0.2, -0.15) is 18.4 Å². The molecule has 2 aliphatic rings. The molecule has 2 N–H and O–H groups in total. The summed E-state index contributed by atoms with van der Waals surface area (Å²) >= 11 is 0. The van der Waals surface area contributed by atoms with Crippen LogP contribution in [0.5, 0.6) is 0 Å². The Morgan fingerprint density at radius 1 is 1.30 bits per heavy atom. The summed E-state index contributed by atoms with van der Waals surface area (Å²) in [5, 5.41) is 14.1. The minimum Gasteiger partial charge on any atom is -0.353 e. The van der Waals surface area contributed by atoms with Gasteiger partial charge in [0.2, 0.25) is 17.7 Å². The number of alkyl halides is 3. The van der Waals surface area contributed by atoms with Crippen molar-refractivity contribution in [3.63, 3.8) is 0 Å². The Morgan fingerprint density at radius 2 is 1.91 bits per heavy atom. The molecule has 0 aromatic rings. The maximum atomic E-state index is 13.5. The number of rotatable bonds is 6. The maximum Gasteiger partial charge on any atom is 0.471 e. The third-order valence-corrected chi connectivity index (χ3v) is 6.19. The smallest absolute Gasteiger partial charge is 0.353 e. The van der Waals surface area contributed by atoms with E-state index < -0.39 is 47.4 Å². The van der Waals surface area contributed by atoms with Crippen LogP contribution < -0.4 is 10.6 Å². The monoisotopic (exact) mass is 473 g/mol. The zero-order chi connectivity index (χ0) is 25.3. The van der Waals surface area contributed by atoms with Crippen molar-refractivity contribution in [2.45, 2.75) is 77.3 Å². The Kier molecular flexibility index (Phi) is 7.66. The molecular formula is C21H30F3N5O4. The number of nitrogens with zero attached hydrogens (tertiary/aromatic N) is 3. The fraction of sp³-hybridized carbons (Fsp3) is 0.762. The van der Waals surface area contributed by atoms with Gasteiger partial charge in [-0.25, -0.2) is 0 Å². The van der Waals surface area contributed by atoms with Gasteiger partial charge in [-0.05, 0) is 39.0 Å². The lowest BCUT2D eigenvalue weighted by atomic mass is 9.83. The lowest BCUT2D eigenvalue weighted by molar-refractivity contribution is -0.175. The van der Waals surface area contributed by atoms with Crippen molar-refractivity contribution in [2.75, 3.05) is 13.6 Å². The van der Waals surface area contributed by atoms with Crippen molar-refractivity contribution in [1.82, 2.24) is 20.4 Å². The molecule has 0 aliphatic carbocycles. The van der Waals surface area contributed by atoms with Crippen LogP contribution in [0.15, 0.2) is 0 Å². The van der Waals surface area contributed by atoms with E-state index >= 15 is 0 Å². The van der Waals surface area contributed by atoms with Crippen molar-refractivity contribution < 1.29 is 32.3 Å². The highest BCUT2D eigenvalue weighted by molar-refractivity contribution is 5.94. The van der Waals surface area contributed by atoms with Crippen LogP contribution in [0, 0.1) is 22.7 Å². The Hall–Kier alpha value is -2.84. The summed E-state index contributed by atoms with van der Waals surface area (Å²) in [5.74, 6) is -3.97. The summed E-state index contributed by atoms with van der Waals surface area (Å²) in [5.41, 5.74) is -0.881. The van der Waals surface area contributed by atoms with Crippen LogP contribution in [0.4, 0.5) is 13.2 Å². The predicted octanol–water partition coefficient (Wildman–Crippen LogP) is 0.946. The summed E-state index contributed by atoms with van der Waals surface area (Å²) in [6, 6.07) is -1.50. The molecule has 0 aromatic carbocycles. The van der Waals surface area contributed by atoms with Gasteiger partial charge < -0.3 is 20.4 Å². The standard InChI is InChI=1S/C21H30F3N5O4/c1-11(2)6-15(28(5)16(30)13(4)27-19(33)21(22,23)24)17(31)29-10-20(8-14(29)9-25)7-12(3)26-18(20)32/h11-15H,6-8,10H2,1-5H3,(H,26,32)(H,27,33)/t12?,13?,14-,15-,20-/m0/s1. The molecule has 5 atom stereocenters. The van der Waals surface area contributed by atoms with Gasteiger partial charge in [0.05, 0.1) is 11.5 Å². The summed E-state index contributed by atoms with van der Waals surface area (Å²) in [7, 11) is 1.28. The molecule has 2 fully saturated rings. The quantitative estimate of drug-likeness (QED) is 0.595. The minimum absolute atomic E-state index is 0.0250. The molecule has 0 radical (unpaired) electrons. The highest BCUT2D eigenvalue weighted by Crippen LogP contribution is 2.43. The van der Waals surface area contributed by atoms with Crippen molar-refractivity contribution in [1.29, 1.82) is 5.26 Å². The number of likely N-dealkylation sites (N-methyl/N-ethyl adjacent to an activating group) is 1. The fourth-order valence-corrected chi connectivity index (χ4v) is 4.61. The normalized spacial score (nSPS) is 26.7. The lowest BCUT2D eigenvalue weighted by Crippen LogP contribution is -2.56. The van der Waals surface area contributed by atoms with Crippen LogP contribution in [-0.4, -0.2) is 77.4 Å². The molecule has 2 unspecified atom stereocenters. The van der Waals surface area contributed by atoms with Crippen LogP contribution in [-0.2, 0) is 19.2 Å². The summed E-state index contributed by atoms with van der Waals surface area (Å²) in [6.45, 7) is 6.59. The van der Waals surface area contributed by atoms with E-state index in [-0.39, 0.29) is 37.3 Å². The number of likely N-dealkylation sites (tertiary alicyclic amines) is 1. The molecule has 0 saturated carbocycles. The summed E-state index contributed by atoms with van der Waals surface area (Å²) < 4.78 is 37.7. The summed E-state index contributed by atoms with van der Waals surface area (Å²) in [4.78, 5) is 52.4. The van der Waals surface area contributed by atoms with E-state index in [2.05, 4.69) is 11.4 Å². The molecule has 4 amide bonds. The number of carbonyl (C=O) groups is 4. The van der Waals surface area contributed by atoms with E-state index in [9.17, 15) is 37.6 Å². The molecule has 0 bridgehead atoms. The number of hydrogen-bond donors (Lipinski definition) is 2. The van der Waals surface area contributed by atoms with Crippen molar-refractivity contribution >= 4 is 23.6 Å². The van der Waals surface area contributed by atoms with E-state index in [1.165, 1.54) is 11.9 Å². The number of halogens is 3. The zero-order valence-corrected chi connectivity index (χ0v) is 19.3. The molecule has 1 spiro atoms. The average Bonchev–Trinajstić information content (AvgIpc) is 3.21. The number of hydrogen-bond acceptors (Lipinski definition) is 5. The maximum absolute atomic E-state index is 13.5. The predicted molar refractivity (Wildman–Crippen MR) is 110 cm³/mol. The van der Waals surface area contributed by atoms with Gasteiger partial charge in [0.25, 0.3) is 0 Å². The van der Waals surface area contributed by atoms with Gasteiger partial charge in [-0.15, -0.1) is 0 Å². The third-order valence-electron chi connectivity index (χ3n) is 6.19. The number of amides is 4. The first-order chi connectivity index (χ1) is 15.1. The average molecular weight is 473 g/mol. The van der Waals surface area contributed by atoms with Crippen molar-refractivity contribution in [3.8, 4) is 6.07 Å². The second-order valence-electron chi connectivity index (χ2n) is 9.46. The van der Waals surface area contributed by atoms with E-state index in [0.29, 0.717) is 6.42 Å². The molecule has 33 heavy (non-hydrogen) atoms. The Morgan fingerprint density at radius 3 is 2.36 bits per heavy atom. The van der Waals surface area contributed by atoms with Crippen LogP contribution >= 0.6 is 0 Å². The first-order valence-electron chi connectivity index (χ1n) is 10.8. The van der Waals surface area contributed by atoms with Crippen LogP contribution in [0.3, 0.4) is 0 Å². The van der Waals surface area contributed by atoms with Gasteiger partial charge in [-0.1, -0.05) is 13.8 Å². The minimum atomic E-state index is -5.15. The highest BCUT2D eigenvalue weighted by atomic mass is 19.4. The lowest BCUT2D eigenvalue weighted by Gasteiger charge is -2.34. The van der Waals surface area contributed by atoms with E-state index in [1.54, 1.807) is 5.32 Å². The van der Waals surface area contributed by atoms with Crippen molar-refractivity contribution in [2.24, 2.45) is 11.3 Å². The largest absolute Gasteiger partial charge is 0.471 e. The topological polar surface area (TPSA) is 123 Å². The number of carbonyl (C=O) groups excluding carboxylic acids is 4. The molecule has 2 rings (SSSR count). The third kappa shape index (κ3) is 5.57. The second-order valence-corrected chi connectivity index (χ2v) is 9.46. The molecular weight excluding hydrogens is 443 g/mol. The number of nitriles is 1. The Bertz CT molecular complexity index is 856. The summed E-state index contributed by atoms with van der Waals surface area (Å²) in [6.07, 6.45) is -4.32. The molecule has 12 heteroatoms. The van der Waals surface area contributed by atoms with Crippen LogP contribution in [0.2, 0.25) is 0 Å². The Labute approximate surface area is 190 Å². The molecule has 0 aromatic heterocycles. The van der Waals surface area contributed by atoms with E-state index in [4.69, 9.17) is 0 Å². The fourth-order valence-electron chi connectivity index (χ4n) is 4.61. The molecule has 2 saturated heterocycles. The van der Waals surface area contributed by atoms with Crippen LogP contribution in [0.25, 0.3) is 0 Å². The number of nitrogens with one attached hydrogen (secondary N) is 2. The van der Waals surface area contributed by atoms with E-state index in [0.717, 1.165) is 11.8 Å². The SMILES string of the molecule is CC(C)C[C@@H](C(=O)N1C[C@]2(CC(C)NC2=O)C[C@H]1C#N)N(C)C(=O)C(C)NC(=O)C(F)(F)F. The second kappa shape index (κ2) is 9.57. The first kappa shape index (κ1) is 26.4.